The molecule has 0 radical (unpaired) electrons. The molecule has 0 amide bonds. The fourth-order valence-corrected chi connectivity index (χ4v) is 3.50. The van der Waals surface area contributed by atoms with E-state index >= 15 is 0 Å². The first kappa shape index (κ1) is 11.2. The summed E-state index contributed by atoms with van der Waals surface area (Å²) in [5.41, 5.74) is 1.96. The number of hydrogen-bond acceptors (Lipinski definition) is 3. The summed E-state index contributed by atoms with van der Waals surface area (Å²) in [5, 5.41) is 3.38. The van der Waals surface area contributed by atoms with Crippen molar-refractivity contribution in [1.29, 1.82) is 0 Å². The van der Waals surface area contributed by atoms with Gasteiger partial charge in [0.25, 0.3) is 0 Å². The normalized spacial score (nSPS) is 24.8. The highest BCUT2D eigenvalue weighted by Gasteiger charge is 2.59. The van der Waals surface area contributed by atoms with E-state index in [4.69, 9.17) is 4.74 Å². The minimum absolute atomic E-state index is 0.211. The van der Waals surface area contributed by atoms with Crippen LogP contribution >= 0.6 is 0 Å². The van der Waals surface area contributed by atoms with Gasteiger partial charge in [-0.25, -0.2) is 0 Å². The molecule has 2 heterocycles. The summed E-state index contributed by atoms with van der Waals surface area (Å²) in [4.78, 5) is 4.29. The molecule has 1 N–H and O–H groups in total. The summed E-state index contributed by atoms with van der Waals surface area (Å²) >= 11 is 0. The van der Waals surface area contributed by atoms with E-state index in [0.717, 1.165) is 19.8 Å². The smallest absolute Gasteiger partial charge is 0.0592 e. The minimum atomic E-state index is 0.211. The first-order chi connectivity index (χ1) is 8.33. The SMILES string of the molecule is CNCC1(C2(c3cccnc3)COC2)CCC1. The van der Waals surface area contributed by atoms with Crippen LogP contribution in [-0.2, 0) is 10.2 Å². The highest BCUT2D eigenvalue weighted by Crippen LogP contribution is 2.57. The largest absolute Gasteiger partial charge is 0.379 e. The zero-order valence-electron chi connectivity index (χ0n) is 10.4. The van der Waals surface area contributed by atoms with E-state index < -0.39 is 0 Å². The summed E-state index contributed by atoms with van der Waals surface area (Å²) in [7, 11) is 2.05. The van der Waals surface area contributed by atoms with Crippen LogP contribution in [-0.4, -0.2) is 31.8 Å². The van der Waals surface area contributed by atoms with Crippen LogP contribution in [0.25, 0.3) is 0 Å². The van der Waals surface area contributed by atoms with Crippen LogP contribution in [0.15, 0.2) is 24.5 Å². The van der Waals surface area contributed by atoms with Gasteiger partial charge in [0.05, 0.1) is 18.6 Å². The van der Waals surface area contributed by atoms with Gasteiger partial charge < -0.3 is 10.1 Å². The number of pyridine rings is 1. The summed E-state index contributed by atoms with van der Waals surface area (Å²) in [5.74, 6) is 0. The second-order valence-corrected chi connectivity index (χ2v) is 5.48. The number of ether oxygens (including phenoxy) is 1. The Morgan fingerprint density at radius 1 is 1.41 bits per heavy atom. The number of hydrogen-bond donors (Lipinski definition) is 1. The molecule has 0 aromatic carbocycles. The lowest BCUT2D eigenvalue weighted by molar-refractivity contribution is -0.156. The van der Waals surface area contributed by atoms with Crippen molar-refractivity contribution in [2.45, 2.75) is 24.7 Å². The van der Waals surface area contributed by atoms with Gasteiger partial charge in [0.1, 0.15) is 0 Å². The number of rotatable bonds is 4. The Balaban J connectivity index is 1.96. The Kier molecular flexibility index (Phi) is 2.68. The number of aromatic nitrogens is 1. The fourth-order valence-electron chi connectivity index (χ4n) is 3.50. The standard InChI is InChI=1S/C14H20N2O/c1-15-9-13(5-3-6-13)14(10-17-11-14)12-4-2-7-16-8-12/h2,4,7-8,15H,3,5-6,9-11H2,1H3. The van der Waals surface area contributed by atoms with E-state index in [2.05, 4.69) is 23.4 Å². The molecule has 17 heavy (non-hydrogen) atoms. The lowest BCUT2D eigenvalue weighted by Gasteiger charge is -2.60. The number of nitrogens with zero attached hydrogens (tertiary/aromatic N) is 1. The average molecular weight is 232 g/mol. The van der Waals surface area contributed by atoms with Crippen molar-refractivity contribution in [1.82, 2.24) is 10.3 Å². The quantitative estimate of drug-likeness (QED) is 0.858. The second kappa shape index (κ2) is 4.07. The Hall–Kier alpha value is -0.930. The predicted molar refractivity (Wildman–Crippen MR) is 66.9 cm³/mol. The zero-order valence-corrected chi connectivity index (χ0v) is 10.4. The highest BCUT2D eigenvalue weighted by atomic mass is 16.5. The first-order valence-corrected chi connectivity index (χ1v) is 6.46. The maximum atomic E-state index is 5.57. The monoisotopic (exact) mass is 232 g/mol. The van der Waals surface area contributed by atoms with Crippen LogP contribution in [0.4, 0.5) is 0 Å². The minimum Gasteiger partial charge on any atom is -0.379 e. The molecule has 3 rings (SSSR count). The van der Waals surface area contributed by atoms with Crippen molar-refractivity contribution in [3.05, 3.63) is 30.1 Å². The average Bonchev–Trinajstić information content (AvgIpc) is 2.25. The van der Waals surface area contributed by atoms with E-state index in [1.807, 2.05) is 18.5 Å². The summed E-state index contributed by atoms with van der Waals surface area (Å²) in [6.45, 7) is 2.81. The van der Waals surface area contributed by atoms with Crippen molar-refractivity contribution in [3.63, 3.8) is 0 Å². The molecule has 1 aliphatic heterocycles. The van der Waals surface area contributed by atoms with Crippen LogP contribution in [0.5, 0.6) is 0 Å². The van der Waals surface area contributed by atoms with Crippen molar-refractivity contribution in [2.24, 2.45) is 5.41 Å². The summed E-state index contributed by atoms with van der Waals surface area (Å²) in [6, 6.07) is 4.26. The Morgan fingerprint density at radius 2 is 2.24 bits per heavy atom. The molecule has 92 valence electrons. The molecule has 2 fully saturated rings. The van der Waals surface area contributed by atoms with Crippen molar-refractivity contribution >= 4 is 0 Å². The Labute approximate surface area is 103 Å². The molecule has 1 saturated heterocycles. The molecule has 1 aromatic rings. The highest BCUT2D eigenvalue weighted by molar-refractivity contribution is 5.31. The first-order valence-electron chi connectivity index (χ1n) is 6.46. The molecule has 0 unspecified atom stereocenters. The molecule has 3 heteroatoms. The third-order valence-electron chi connectivity index (χ3n) is 4.75. The van der Waals surface area contributed by atoms with E-state index in [9.17, 15) is 0 Å². The molecule has 0 spiro atoms. The van der Waals surface area contributed by atoms with Crippen molar-refractivity contribution in [2.75, 3.05) is 26.8 Å². The van der Waals surface area contributed by atoms with Gasteiger partial charge in [-0.1, -0.05) is 12.5 Å². The van der Waals surface area contributed by atoms with Gasteiger partial charge in [0, 0.05) is 18.9 Å². The third kappa shape index (κ3) is 1.45. The van der Waals surface area contributed by atoms with Crippen LogP contribution in [0.1, 0.15) is 24.8 Å². The maximum absolute atomic E-state index is 5.57. The molecule has 1 aromatic heterocycles. The van der Waals surface area contributed by atoms with Crippen molar-refractivity contribution < 1.29 is 4.74 Å². The summed E-state index contributed by atoms with van der Waals surface area (Å²) in [6.07, 6.45) is 7.85. The molecule has 3 nitrogen and oxygen atoms in total. The van der Waals surface area contributed by atoms with Gasteiger partial charge in [0.15, 0.2) is 0 Å². The number of nitrogens with one attached hydrogen (secondary N) is 1. The zero-order chi connectivity index (χ0) is 11.8. The molecule has 2 aliphatic rings. The summed E-state index contributed by atoms with van der Waals surface area (Å²) < 4.78 is 5.57. The molecule has 0 atom stereocenters. The molecular formula is C14H20N2O. The molecule has 1 aliphatic carbocycles. The van der Waals surface area contributed by atoms with Gasteiger partial charge >= 0.3 is 0 Å². The van der Waals surface area contributed by atoms with Crippen molar-refractivity contribution in [3.8, 4) is 0 Å². The van der Waals surface area contributed by atoms with E-state index in [1.54, 1.807) is 0 Å². The van der Waals surface area contributed by atoms with E-state index in [1.165, 1.54) is 24.8 Å². The topological polar surface area (TPSA) is 34.2 Å². The lowest BCUT2D eigenvalue weighted by atomic mass is 9.50. The maximum Gasteiger partial charge on any atom is 0.0592 e. The van der Waals surface area contributed by atoms with Gasteiger partial charge in [-0.05, 0) is 36.9 Å². The van der Waals surface area contributed by atoms with Gasteiger partial charge in [-0.15, -0.1) is 0 Å². The van der Waals surface area contributed by atoms with Crippen LogP contribution in [0, 0.1) is 5.41 Å². The Morgan fingerprint density at radius 3 is 2.65 bits per heavy atom. The van der Waals surface area contributed by atoms with E-state index in [-0.39, 0.29) is 5.41 Å². The third-order valence-corrected chi connectivity index (χ3v) is 4.75. The van der Waals surface area contributed by atoms with Crippen LogP contribution in [0.2, 0.25) is 0 Å². The second-order valence-electron chi connectivity index (χ2n) is 5.48. The van der Waals surface area contributed by atoms with Crippen LogP contribution in [0.3, 0.4) is 0 Å². The molecule has 0 bridgehead atoms. The van der Waals surface area contributed by atoms with Gasteiger partial charge in [-0.3, -0.25) is 4.98 Å². The fraction of sp³-hybridized carbons (Fsp3) is 0.643. The lowest BCUT2D eigenvalue weighted by Crippen LogP contribution is -2.64. The van der Waals surface area contributed by atoms with E-state index in [0.29, 0.717) is 5.41 Å². The van der Waals surface area contributed by atoms with Gasteiger partial charge in [-0.2, -0.15) is 0 Å². The predicted octanol–water partition coefficient (Wildman–Crippen LogP) is 1.74. The molecule has 1 saturated carbocycles. The van der Waals surface area contributed by atoms with Crippen LogP contribution < -0.4 is 5.32 Å². The van der Waals surface area contributed by atoms with Gasteiger partial charge in [0.2, 0.25) is 0 Å². The molecular weight excluding hydrogens is 212 g/mol. The Bertz CT molecular complexity index is 382.